The molecule has 5 N–H and O–H groups in total. The Kier molecular flexibility index (Phi) is 11.4. The molecule has 2 unspecified atom stereocenters. The van der Waals surface area contributed by atoms with Crippen LogP contribution in [0.25, 0.3) is 0 Å². The van der Waals surface area contributed by atoms with Crippen molar-refractivity contribution in [3.8, 4) is 0 Å². The van der Waals surface area contributed by atoms with Gasteiger partial charge in [-0.1, -0.05) is 0 Å². The molecule has 0 rings (SSSR count). The topological polar surface area (TPSA) is 157 Å². The van der Waals surface area contributed by atoms with Gasteiger partial charge in [0.15, 0.2) is 0 Å². The number of carbonyl (C=O) groups is 4. The third-order valence-corrected chi connectivity index (χ3v) is 3.59. The summed E-state index contributed by atoms with van der Waals surface area (Å²) < 4.78 is 10.6. The highest BCUT2D eigenvalue weighted by Gasteiger charge is 2.30. The van der Waals surface area contributed by atoms with Gasteiger partial charge in [0.25, 0.3) is 0 Å². The fraction of sp³-hybridized carbons (Fsp3) is 0.800. The average Bonchev–Trinajstić information content (AvgIpc) is 2.54. The molecule has 0 spiro atoms. The number of ether oxygens (including phenoxy) is 2. The molecule has 0 fully saturated rings. The number of amides is 2. The van der Waals surface area contributed by atoms with Crippen molar-refractivity contribution in [2.24, 2.45) is 5.73 Å². The number of carboxylic acid groups (broad SMARTS) is 1. The lowest BCUT2D eigenvalue weighted by atomic mass is 10.1. The number of nitrogens with two attached hydrogens (primary N) is 1. The first-order valence-corrected chi connectivity index (χ1v) is 10.1. The zero-order valence-electron chi connectivity index (χ0n) is 18.9. The number of urea groups is 1. The van der Waals surface area contributed by atoms with Gasteiger partial charge in [-0.2, -0.15) is 0 Å². The van der Waals surface area contributed by atoms with Gasteiger partial charge in [-0.3, -0.25) is 4.79 Å². The van der Waals surface area contributed by atoms with E-state index in [0.717, 1.165) is 0 Å². The monoisotopic (exact) mass is 431 g/mol. The molecule has 2 amide bonds. The van der Waals surface area contributed by atoms with E-state index in [4.69, 9.17) is 20.3 Å². The van der Waals surface area contributed by atoms with Crippen molar-refractivity contribution in [1.29, 1.82) is 0 Å². The van der Waals surface area contributed by atoms with E-state index in [9.17, 15) is 19.2 Å². The first kappa shape index (κ1) is 27.6. The Bertz CT molecular complexity index is 594. The van der Waals surface area contributed by atoms with E-state index < -0.39 is 47.2 Å². The lowest BCUT2D eigenvalue weighted by molar-refractivity contribution is -0.158. The highest BCUT2D eigenvalue weighted by Crippen LogP contribution is 2.13. The van der Waals surface area contributed by atoms with Gasteiger partial charge in [-0.25, -0.2) is 14.4 Å². The summed E-state index contributed by atoms with van der Waals surface area (Å²) in [6.07, 6.45) is 1.08. The van der Waals surface area contributed by atoms with E-state index in [1.165, 1.54) is 0 Å². The quantitative estimate of drug-likeness (QED) is 0.284. The van der Waals surface area contributed by atoms with Crippen molar-refractivity contribution in [3.63, 3.8) is 0 Å². The lowest BCUT2D eigenvalue weighted by Gasteiger charge is -2.26. The van der Waals surface area contributed by atoms with Crippen molar-refractivity contribution in [2.75, 3.05) is 6.54 Å². The largest absolute Gasteiger partial charge is 0.481 e. The minimum Gasteiger partial charge on any atom is -0.481 e. The van der Waals surface area contributed by atoms with Crippen LogP contribution in [0.1, 0.15) is 73.6 Å². The SMILES string of the molecule is CC(C)(C)OC(=O)C(CCCCN)NC(=O)NC(CCC(=O)O)C(=O)OC(C)(C)C. The molecule has 10 nitrogen and oxygen atoms in total. The summed E-state index contributed by atoms with van der Waals surface area (Å²) in [5.74, 6) is -2.47. The first-order valence-electron chi connectivity index (χ1n) is 10.1. The van der Waals surface area contributed by atoms with Gasteiger partial charge >= 0.3 is 23.9 Å². The maximum absolute atomic E-state index is 12.5. The summed E-state index contributed by atoms with van der Waals surface area (Å²) in [7, 11) is 0. The molecule has 0 saturated heterocycles. The molecule has 0 aliphatic rings. The summed E-state index contributed by atoms with van der Waals surface area (Å²) in [5.41, 5.74) is 3.94. The number of aliphatic carboxylic acids is 1. The van der Waals surface area contributed by atoms with Crippen LogP contribution in [0.5, 0.6) is 0 Å². The van der Waals surface area contributed by atoms with Crippen LogP contribution < -0.4 is 16.4 Å². The fourth-order valence-corrected chi connectivity index (χ4v) is 2.36. The second-order valence-electron chi connectivity index (χ2n) is 9.01. The second kappa shape index (κ2) is 12.4. The number of hydrogen-bond acceptors (Lipinski definition) is 7. The number of carbonyl (C=O) groups excluding carboxylic acids is 3. The normalized spacial score (nSPS) is 13.7. The van der Waals surface area contributed by atoms with Crippen molar-refractivity contribution in [2.45, 2.75) is 96.9 Å². The molecular weight excluding hydrogens is 394 g/mol. The molecule has 0 heterocycles. The fourth-order valence-electron chi connectivity index (χ4n) is 2.36. The van der Waals surface area contributed by atoms with E-state index in [1.807, 2.05) is 0 Å². The lowest BCUT2D eigenvalue weighted by Crippen LogP contribution is -2.53. The standard InChI is InChI=1S/C20H37N3O7/c1-19(2,3)29-16(26)13(9-7-8-12-21)22-18(28)23-14(10-11-15(24)25)17(27)30-20(4,5)6/h13-14H,7-12,21H2,1-6H3,(H,24,25)(H2,22,23,28). The molecule has 2 atom stereocenters. The van der Waals surface area contributed by atoms with Crippen LogP contribution in [0.15, 0.2) is 0 Å². The average molecular weight is 432 g/mol. The molecule has 30 heavy (non-hydrogen) atoms. The molecule has 0 aliphatic heterocycles. The van der Waals surface area contributed by atoms with Crippen LogP contribution >= 0.6 is 0 Å². The Labute approximate surface area is 178 Å². The molecule has 0 saturated carbocycles. The Morgan fingerprint density at radius 2 is 1.27 bits per heavy atom. The van der Waals surface area contributed by atoms with Gasteiger partial charge in [0.05, 0.1) is 0 Å². The predicted molar refractivity (Wildman–Crippen MR) is 111 cm³/mol. The summed E-state index contributed by atoms with van der Waals surface area (Å²) in [6, 6.07) is -2.90. The number of unbranched alkanes of at least 4 members (excludes halogenated alkanes) is 1. The Morgan fingerprint density at radius 3 is 1.63 bits per heavy atom. The van der Waals surface area contributed by atoms with Crippen molar-refractivity contribution >= 4 is 23.9 Å². The highest BCUT2D eigenvalue weighted by atomic mass is 16.6. The minimum atomic E-state index is -1.18. The Hall–Kier alpha value is -2.36. The number of nitrogens with one attached hydrogen (secondary N) is 2. The van der Waals surface area contributed by atoms with E-state index in [0.29, 0.717) is 25.8 Å². The third kappa shape index (κ3) is 13.8. The maximum Gasteiger partial charge on any atom is 0.329 e. The van der Waals surface area contributed by atoms with Crippen LogP contribution in [0, 0.1) is 0 Å². The van der Waals surface area contributed by atoms with Gasteiger partial charge < -0.3 is 30.9 Å². The number of hydrogen-bond donors (Lipinski definition) is 4. The van der Waals surface area contributed by atoms with Gasteiger partial charge in [-0.15, -0.1) is 0 Å². The van der Waals surface area contributed by atoms with Crippen LogP contribution in [0.3, 0.4) is 0 Å². The van der Waals surface area contributed by atoms with Crippen molar-refractivity contribution in [3.05, 3.63) is 0 Å². The zero-order valence-corrected chi connectivity index (χ0v) is 18.9. The number of carboxylic acids is 1. The third-order valence-electron chi connectivity index (χ3n) is 3.59. The smallest absolute Gasteiger partial charge is 0.329 e. The maximum atomic E-state index is 12.5. The van der Waals surface area contributed by atoms with Crippen LogP contribution in [-0.2, 0) is 23.9 Å². The molecule has 0 aromatic heterocycles. The van der Waals surface area contributed by atoms with E-state index in [-0.39, 0.29) is 12.8 Å². The van der Waals surface area contributed by atoms with Crippen LogP contribution in [0.4, 0.5) is 4.79 Å². The van der Waals surface area contributed by atoms with Crippen LogP contribution in [0.2, 0.25) is 0 Å². The predicted octanol–water partition coefficient (Wildman–Crippen LogP) is 1.70. The number of rotatable bonds is 11. The molecule has 0 radical (unpaired) electrons. The van der Waals surface area contributed by atoms with Crippen molar-refractivity contribution < 1.29 is 33.8 Å². The summed E-state index contributed by atoms with van der Waals surface area (Å²) >= 11 is 0. The van der Waals surface area contributed by atoms with Gasteiger partial charge in [0.2, 0.25) is 0 Å². The Morgan fingerprint density at radius 1 is 0.833 bits per heavy atom. The van der Waals surface area contributed by atoms with E-state index in [2.05, 4.69) is 10.6 Å². The molecule has 0 bridgehead atoms. The molecule has 0 aromatic rings. The molecular formula is C20H37N3O7. The minimum absolute atomic E-state index is 0.151. The van der Waals surface area contributed by atoms with Crippen LogP contribution in [-0.4, -0.2) is 58.9 Å². The van der Waals surface area contributed by atoms with Gasteiger partial charge in [0.1, 0.15) is 23.3 Å². The first-order chi connectivity index (χ1) is 13.6. The zero-order chi connectivity index (χ0) is 23.5. The number of esters is 2. The second-order valence-corrected chi connectivity index (χ2v) is 9.01. The summed E-state index contributed by atoms with van der Waals surface area (Å²) in [5, 5.41) is 13.8. The summed E-state index contributed by atoms with van der Waals surface area (Å²) in [6.45, 7) is 10.6. The highest BCUT2D eigenvalue weighted by molar-refractivity contribution is 5.87. The molecule has 174 valence electrons. The van der Waals surface area contributed by atoms with Gasteiger partial charge in [-0.05, 0) is 73.8 Å². The molecule has 10 heteroatoms. The molecule has 0 aromatic carbocycles. The van der Waals surface area contributed by atoms with Gasteiger partial charge in [0, 0.05) is 6.42 Å². The Balaban J connectivity index is 5.21. The summed E-state index contributed by atoms with van der Waals surface area (Å²) in [4.78, 5) is 48.2. The molecule has 0 aliphatic carbocycles. The van der Waals surface area contributed by atoms with Crippen molar-refractivity contribution in [1.82, 2.24) is 10.6 Å². The van der Waals surface area contributed by atoms with E-state index in [1.54, 1.807) is 41.5 Å². The van der Waals surface area contributed by atoms with E-state index >= 15 is 0 Å².